The molecule has 114 valence electrons. The minimum Gasteiger partial charge on any atom is -0.496 e. The van der Waals surface area contributed by atoms with Crippen LogP contribution in [0.4, 0.5) is 0 Å². The Balaban J connectivity index is 2.16. The fraction of sp³-hybridized carbons (Fsp3) is 0.143. The number of methoxy groups -OCH3 is 1. The average Bonchev–Trinajstić information content (AvgIpc) is 2.88. The van der Waals surface area contributed by atoms with Crippen LogP contribution in [0.3, 0.4) is 0 Å². The fourth-order valence-corrected chi connectivity index (χ4v) is 2.47. The standard InChI is InChI=1S/C14H13N3O4S/c1-20-13-6-4-3-5-11(13)12-8-7-10-9-15-14(16-17(10)12)21-22(2,18)19/h3-9H,1-2H3. The molecule has 1 aromatic carbocycles. The van der Waals surface area contributed by atoms with Gasteiger partial charge in [0.15, 0.2) is 0 Å². The van der Waals surface area contributed by atoms with Gasteiger partial charge in [0, 0.05) is 5.56 Å². The third kappa shape index (κ3) is 2.73. The Kier molecular flexibility index (Phi) is 3.45. The van der Waals surface area contributed by atoms with E-state index in [0.29, 0.717) is 11.3 Å². The van der Waals surface area contributed by atoms with Gasteiger partial charge in [0.1, 0.15) is 5.75 Å². The SMILES string of the molecule is COc1ccccc1-c1ccc2cnc(OS(C)(=O)=O)nn12. The molecule has 0 saturated carbocycles. The first-order valence-corrected chi connectivity index (χ1v) is 8.17. The zero-order valence-corrected chi connectivity index (χ0v) is 12.7. The number of hydrogen-bond acceptors (Lipinski definition) is 6. The summed E-state index contributed by atoms with van der Waals surface area (Å²) in [5.41, 5.74) is 2.28. The number of nitrogens with zero attached hydrogens (tertiary/aromatic N) is 3. The van der Waals surface area contributed by atoms with Crippen LogP contribution >= 0.6 is 0 Å². The van der Waals surface area contributed by atoms with E-state index in [2.05, 4.69) is 10.1 Å². The van der Waals surface area contributed by atoms with Gasteiger partial charge in [-0.25, -0.2) is 4.52 Å². The van der Waals surface area contributed by atoms with Gasteiger partial charge in [-0.3, -0.25) is 0 Å². The lowest BCUT2D eigenvalue weighted by atomic mass is 10.1. The molecule has 22 heavy (non-hydrogen) atoms. The Labute approximate surface area is 127 Å². The molecule has 3 rings (SSSR count). The minimum absolute atomic E-state index is 0.234. The number of fused-ring (bicyclic) bond motifs is 1. The van der Waals surface area contributed by atoms with Gasteiger partial charge in [0.05, 0.1) is 30.8 Å². The van der Waals surface area contributed by atoms with Crippen molar-refractivity contribution in [2.45, 2.75) is 0 Å². The van der Waals surface area contributed by atoms with Crippen LogP contribution in [0, 0.1) is 0 Å². The quantitative estimate of drug-likeness (QED) is 0.681. The van der Waals surface area contributed by atoms with Crippen molar-refractivity contribution in [3.05, 3.63) is 42.6 Å². The van der Waals surface area contributed by atoms with Crippen LogP contribution in [0.1, 0.15) is 0 Å². The molecule has 0 aliphatic rings. The van der Waals surface area contributed by atoms with Crippen LogP contribution in [0.15, 0.2) is 42.6 Å². The molecule has 0 radical (unpaired) electrons. The normalized spacial score (nSPS) is 11.5. The van der Waals surface area contributed by atoms with E-state index in [1.165, 1.54) is 6.20 Å². The Hall–Kier alpha value is -2.61. The van der Waals surface area contributed by atoms with Gasteiger partial charge in [-0.2, -0.15) is 13.4 Å². The van der Waals surface area contributed by atoms with Gasteiger partial charge >= 0.3 is 16.1 Å². The van der Waals surface area contributed by atoms with Crippen molar-refractivity contribution in [2.75, 3.05) is 13.4 Å². The molecule has 0 aliphatic carbocycles. The highest BCUT2D eigenvalue weighted by Gasteiger charge is 2.13. The van der Waals surface area contributed by atoms with Crippen molar-refractivity contribution in [1.82, 2.24) is 14.6 Å². The highest BCUT2D eigenvalue weighted by atomic mass is 32.2. The predicted molar refractivity (Wildman–Crippen MR) is 80.4 cm³/mol. The van der Waals surface area contributed by atoms with E-state index in [1.54, 1.807) is 11.6 Å². The number of hydrogen-bond donors (Lipinski definition) is 0. The summed E-state index contributed by atoms with van der Waals surface area (Å²) in [7, 11) is -2.10. The third-order valence-corrected chi connectivity index (χ3v) is 3.44. The van der Waals surface area contributed by atoms with E-state index >= 15 is 0 Å². The van der Waals surface area contributed by atoms with Gasteiger partial charge in [0.2, 0.25) is 0 Å². The number of rotatable bonds is 4. The third-order valence-electron chi connectivity index (χ3n) is 2.99. The lowest BCUT2D eigenvalue weighted by molar-refractivity contribution is 0.416. The summed E-state index contributed by atoms with van der Waals surface area (Å²) < 4.78 is 34.0. The maximum Gasteiger partial charge on any atom is 0.350 e. The second kappa shape index (κ2) is 5.30. The fourth-order valence-electron chi connectivity index (χ4n) is 2.12. The maximum absolute atomic E-state index is 11.2. The first-order chi connectivity index (χ1) is 10.5. The largest absolute Gasteiger partial charge is 0.496 e. The Morgan fingerprint density at radius 3 is 2.64 bits per heavy atom. The Morgan fingerprint density at radius 1 is 1.14 bits per heavy atom. The van der Waals surface area contributed by atoms with Crippen molar-refractivity contribution in [3.63, 3.8) is 0 Å². The molecule has 8 heteroatoms. The summed E-state index contributed by atoms with van der Waals surface area (Å²) in [5.74, 6) is 0.687. The molecule has 3 aromatic rings. The van der Waals surface area contributed by atoms with E-state index < -0.39 is 10.1 Å². The molecule has 0 spiro atoms. The number of benzene rings is 1. The predicted octanol–water partition coefficient (Wildman–Crippen LogP) is 1.74. The van der Waals surface area contributed by atoms with E-state index in [1.807, 2.05) is 36.4 Å². The van der Waals surface area contributed by atoms with Crippen molar-refractivity contribution in [2.24, 2.45) is 0 Å². The topological polar surface area (TPSA) is 82.8 Å². The Morgan fingerprint density at radius 2 is 1.91 bits per heavy atom. The average molecular weight is 319 g/mol. The second-order valence-electron chi connectivity index (χ2n) is 4.58. The molecule has 0 amide bonds. The van der Waals surface area contributed by atoms with Crippen molar-refractivity contribution < 1.29 is 17.3 Å². The van der Waals surface area contributed by atoms with Crippen LogP contribution in [-0.4, -0.2) is 36.4 Å². The minimum atomic E-state index is -3.68. The van der Waals surface area contributed by atoms with E-state index in [9.17, 15) is 8.42 Å². The molecule has 0 N–H and O–H groups in total. The summed E-state index contributed by atoms with van der Waals surface area (Å²) in [6, 6.07) is 10.9. The molecular formula is C14H13N3O4S. The van der Waals surface area contributed by atoms with Crippen molar-refractivity contribution in [1.29, 1.82) is 0 Å². The molecule has 7 nitrogen and oxygen atoms in total. The first-order valence-electron chi connectivity index (χ1n) is 6.35. The molecule has 0 bridgehead atoms. The molecule has 0 fully saturated rings. The zero-order chi connectivity index (χ0) is 15.7. The first kappa shape index (κ1) is 14.3. The molecule has 0 atom stereocenters. The van der Waals surface area contributed by atoms with Gasteiger partial charge in [-0.15, -0.1) is 5.10 Å². The van der Waals surface area contributed by atoms with Crippen LogP contribution in [0.5, 0.6) is 11.8 Å². The molecular weight excluding hydrogens is 306 g/mol. The van der Waals surface area contributed by atoms with E-state index in [0.717, 1.165) is 17.5 Å². The highest BCUT2D eigenvalue weighted by Crippen LogP contribution is 2.30. The summed E-state index contributed by atoms with van der Waals surface area (Å²) >= 11 is 0. The highest BCUT2D eigenvalue weighted by molar-refractivity contribution is 7.86. The zero-order valence-electron chi connectivity index (χ0n) is 11.9. The number of aromatic nitrogens is 3. The summed E-state index contributed by atoms with van der Waals surface area (Å²) in [6.07, 6.45) is 2.43. The monoisotopic (exact) mass is 319 g/mol. The molecule has 0 aliphatic heterocycles. The van der Waals surface area contributed by atoms with Crippen molar-refractivity contribution >= 4 is 15.6 Å². The van der Waals surface area contributed by atoms with Gasteiger partial charge in [0.25, 0.3) is 0 Å². The number of para-hydroxylation sites is 1. The Bertz CT molecular complexity index is 934. The summed E-state index contributed by atoms with van der Waals surface area (Å²) in [4.78, 5) is 3.88. The molecule has 2 aromatic heterocycles. The lowest BCUT2D eigenvalue weighted by Crippen LogP contribution is -2.10. The molecule has 2 heterocycles. The lowest BCUT2D eigenvalue weighted by Gasteiger charge is -2.08. The van der Waals surface area contributed by atoms with Crippen LogP contribution in [0.2, 0.25) is 0 Å². The van der Waals surface area contributed by atoms with Gasteiger partial charge in [-0.05, 0) is 24.3 Å². The number of ether oxygens (including phenoxy) is 1. The summed E-state index contributed by atoms with van der Waals surface area (Å²) in [5, 5.41) is 4.12. The van der Waals surface area contributed by atoms with Crippen LogP contribution < -0.4 is 8.92 Å². The summed E-state index contributed by atoms with van der Waals surface area (Å²) in [6.45, 7) is 0. The van der Waals surface area contributed by atoms with Crippen LogP contribution in [-0.2, 0) is 10.1 Å². The smallest absolute Gasteiger partial charge is 0.350 e. The van der Waals surface area contributed by atoms with Gasteiger partial charge in [-0.1, -0.05) is 12.1 Å². The van der Waals surface area contributed by atoms with Crippen molar-refractivity contribution in [3.8, 4) is 23.0 Å². The van der Waals surface area contributed by atoms with E-state index in [4.69, 9.17) is 8.92 Å². The second-order valence-corrected chi connectivity index (χ2v) is 6.16. The maximum atomic E-state index is 11.2. The van der Waals surface area contributed by atoms with Gasteiger partial charge < -0.3 is 8.92 Å². The molecule has 0 unspecified atom stereocenters. The van der Waals surface area contributed by atoms with E-state index in [-0.39, 0.29) is 6.01 Å². The molecule has 0 saturated heterocycles. The van der Waals surface area contributed by atoms with Crippen LogP contribution in [0.25, 0.3) is 16.8 Å².